The fraction of sp³-hybridized carbons (Fsp3) is 0.231. The highest BCUT2D eigenvalue weighted by molar-refractivity contribution is 6.31. The van der Waals surface area contributed by atoms with Crippen LogP contribution in [0.2, 0.25) is 5.02 Å². The second kappa shape index (κ2) is 10.6. The minimum atomic E-state index is -0.428. The molecule has 176 valence electrons. The van der Waals surface area contributed by atoms with Crippen molar-refractivity contribution in [3.63, 3.8) is 0 Å². The summed E-state index contributed by atoms with van der Waals surface area (Å²) in [7, 11) is 0. The second-order valence-electron chi connectivity index (χ2n) is 8.23. The number of carbonyl (C=O) groups excluding carboxylic acids is 2. The van der Waals surface area contributed by atoms with E-state index in [2.05, 4.69) is 20.9 Å². The van der Waals surface area contributed by atoms with Crippen molar-refractivity contribution in [2.24, 2.45) is 0 Å². The molecule has 0 aromatic heterocycles. The zero-order valence-corrected chi connectivity index (χ0v) is 19.6. The smallest absolute Gasteiger partial charge is 0.323 e. The van der Waals surface area contributed by atoms with Crippen LogP contribution < -0.4 is 20.9 Å². The number of nitrogens with one attached hydrogen (secondary N) is 3. The molecule has 1 fully saturated rings. The fourth-order valence-electron chi connectivity index (χ4n) is 3.96. The molecule has 8 heteroatoms. The summed E-state index contributed by atoms with van der Waals surface area (Å²) >= 11 is 6.16. The van der Waals surface area contributed by atoms with E-state index >= 15 is 0 Å². The number of hydrogen-bond donors (Lipinski definition) is 3. The molecule has 3 N–H and O–H groups in total. The monoisotopic (exact) mass is 480 g/mol. The maximum atomic E-state index is 13.4. The quantitative estimate of drug-likeness (QED) is 0.407. The van der Waals surface area contributed by atoms with Gasteiger partial charge in [0.15, 0.2) is 0 Å². The highest BCUT2D eigenvalue weighted by Gasteiger charge is 2.19. The Morgan fingerprint density at radius 3 is 2.47 bits per heavy atom. The van der Waals surface area contributed by atoms with Gasteiger partial charge < -0.3 is 20.9 Å². The van der Waals surface area contributed by atoms with Crippen molar-refractivity contribution in [1.29, 1.82) is 0 Å². The number of amides is 3. The maximum absolute atomic E-state index is 13.4. The maximum Gasteiger partial charge on any atom is 0.323 e. The van der Waals surface area contributed by atoms with Crippen LogP contribution in [0, 0.1) is 12.7 Å². The number of nitrogens with zero attached hydrogens (tertiary/aromatic N) is 1. The number of urea groups is 1. The molecule has 1 aliphatic rings. The lowest BCUT2D eigenvalue weighted by atomic mass is 10.1. The lowest BCUT2D eigenvalue weighted by molar-refractivity contribution is 0.0951. The largest absolute Gasteiger partial charge is 0.370 e. The number of anilines is 3. The molecule has 0 atom stereocenters. The summed E-state index contributed by atoms with van der Waals surface area (Å²) in [5, 5.41) is 9.09. The van der Waals surface area contributed by atoms with Crippen LogP contribution in [-0.2, 0) is 6.54 Å². The topological polar surface area (TPSA) is 73.5 Å². The number of rotatable bonds is 6. The fourth-order valence-corrected chi connectivity index (χ4v) is 4.14. The lowest BCUT2D eigenvalue weighted by Gasteiger charge is -2.22. The van der Waals surface area contributed by atoms with Gasteiger partial charge in [0.2, 0.25) is 0 Å². The minimum absolute atomic E-state index is 0.196. The van der Waals surface area contributed by atoms with Crippen molar-refractivity contribution >= 4 is 40.6 Å². The van der Waals surface area contributed by atoms with Gasteiger partial charge in [-0.05, 0) is 73.4 Å². The first-order valence-electron chi connectivity index (χ1n) is 11.2. The zero-order chi connectivity index (χ0) is 24.1. The molecule has 34 heavy (non-hydrogen) atoms. The van der Waals surface area contributed by atoms with Gasteiger partial charge in [-0.25, -0.2) is 9.18 Å². The third-order valence-electron chi connectivity index (χ3n) is 5.81. The Kier molecular flexibility index (Phi) is 7.33. The van der Waals surface area contributed by atoms with E-state index in [-0.39, 0.29) is 18.3 Å². The van der Waals surface area contributed by atoms with Gasteiger partial charge in [-0.2, -0.15) is 0 Å². The van der Waals surface area contributed by atoms with E-state index in [1.807, 2.05) is 13.0 Å². The van der Waals surface area contributed by atoms with E-state index in [9.17, 15) is 14.0 Å². The second-order valence-corrected chi connectivity index (χ2v) is 8.64. The van der Waals surface area contributed by atoms with Crippen molar-refractivity contribution in [3.8, 4) is 0 Å². The Bertz CT molecular complexity index is 1210. The third-order valence-corrected chi connectivity index (χ3v) is 6.22. The summed E-state index contributed by atoms with van der Waals surface area (Å²) in [5.41, 5.74) is 3.83. The average molecular weight is 481 g/mol. The summed E-state index contributed by atoms with van der Waals surface area (Å²) < 4.78 is 13.4. The van der Waals surface area contributed by atoms with Crippen LogP contribution in [0.15, 0.2) is 60.7 Å². The molecule has 0 bridgehead atoms. The molecular formula is C26H26ClFN4O2. The molecule has 3 aromatic rings. The summed E-state index contributed by atoms with van der Waals surface area (Å²) in [4.78, 5) is 27.8. The molecule has 6 nitrogen and oxygen atoms in total. The van der Waals surface area contributed by atoms with Gasteiger partial charge in [0, 0.05) is 35.9 Å². The van der Waals surface area contributed by atoms with E-state index in [1.165, 1.54) is 12.1 Å². The number of carbonyl (C=O) groups is 2. The van der Waals surface area contributed by atoms with Gasteiger partial charge in [0.25, 0.3) is 5.91 Å². The van der Waals surface area contributed by atoms with Crippen LogP contribution in [0.3, 0.4) is 0 Å². The van der Waals surface area contributed by atoms with Crippen LogP contribution in [-0.4, -0.2) is 25.0 Å². The summed E-state index contributed by atoms with van der Waals surface area (Å²) in [5.74, 6) is -0.666. The van der Waals surface area contributed by atoms with Crippen LogP contribution >= 0.6 is 11.6 Å². The highest BCUT2D eigenvalue weighted by atomic mass is 35.5. The van der Waals surface area contributed by atoms with Gasteiger partial charge in [0.05, 0.1) is 11.4 Å². The van der Waals surface area contributed by atoms with E-state index in [0.717, 1.165) is 37.2 Å². The van der Waals surface area contributed by atoms with Gasteiger partial charge in [-0.1, -0.05) is 29.8 Å². The zero-order valence-electron chi connectivity index (χ0n) is 18.8. The first kappa shape index (κ1) is 23.6. The van der Waals surface area contributed by atoms with Gasteiger partial charge in [0.1, 0.15) is 5.82 Å². The number of hydrogen-bond acceptors (Lipinski definition) is 3. The molecule has 4 rings (SSSR count). The SMILES string of the molecule is Cc1c(Cl)cccc1NC(=O)Nc1cc(C(=O)NCc2cccc(F)c2)ccc1N1CCCC1. The molecule has 0 saturated carbocycles. The number of benzene rings is 3. The van der Waals surface area contributed by atoms with Gasteiger partial charge >= 0.3 is 6.03 Å². The Labute approximate surface area is 203 Å². The van der Waals surface area contributed by atoms with E-state index in [1.54, 1.807) is 42.5 Å². The van der Waals surface area contributed by atoms with E-state index in [4.69, 9.17) is 11.6 Å². The molecule has 1 saturated heterocycles. The molecule has 0 unspecified atom stereocenters. The first-order chi connectivity index (χ1) is 16.4. The Morgan fingerprint density at radius 1 is 0.971 bits per heavy atom. The van der Waals surface area contributed by atoms with Crippen molar-refractivity contribution in [3.05, 3.63) is 88.2 Å². The standard InChI is InChI=1S/C26H26ClFN4O2/c1-17-21(27)8-5-9-22(17)30-26(34)31-23-15-19(10-11-24(23)32-12-2-3-13-32)25(33)29-16-18-6-4-7-20(28)14-18/h4-11,14-15H,2-3,12-13,16H2,1H3,(H,29,33)(H2,30,31,34). The minimum Gasteiger partial charge on any atom is -0.370 e. The highest BCUT2D eigenvalue weighted by Crippen LogP contribution is 2.31. The van der Waals surface area contributed by atoms with Crippen LogP contribution in [0.1, 0.15) is 34.3 Å². The average Bonchev–Trinajstić information content (AvgIpc) is 3.35. The van der Waals surface area contributed by atoms with Crippen molar-refractivity contribution < 1.29 is 14.0 Å². The molecule has 0 aliphatic carbocycles. The van der Waals surface area contributed by atoms with Crippen molar-refractivity contribution in [2.45, 2.75) is 26.3 Å². The summed E-state index contributed by atoms with van der Waals surface area (Å²) in [6.07, 6.45) is 2.15. The molecular weight excluding hydrogens is 455 g/mol. The van der Waals surface area contributed by atoms with Crippen LogP contribution in [0.25, 0.3) is 0 Å². The van der Waals surface area contributed by atoms with Crippen LogP contribution in [0.5, 0.6) is 0 Å². The van der Waals surface area contributed by atoms with Gasteiger partial charge in [-0.15, -0.1) is 0 Å². The molecule has 1 heterocycles. The lowest BCUT2D eigenvalue weighted by Crippen LogP contribution is -2.26. The Balaban J connectivity index is 1.52. The molecule has 0 radical (unpaired) electrons. The third kappa shape index (κ3) is 5.66. The predicted molar refractivity (Wildman–Crippen MR) is 134 cm³/mol. The molecule has 3 amide bonds. The normalized spacial score (nSPS) is 13.0. The summed E-state index contributed by atoms with van der Waals surface area (Å²) in [6.45, 7) is 3.79. The van der Waals surface area contributed by atoms with Crippen LogP contribution in [0.4, 0.5) is 26.2 Å². The van der Waals surface area contributed by atoms with Crippen molar-refractivity contribution in [2.75, 3.05) is 28.6 Å². The van der Waals surface area contributed by atoms with Crippen molar-refractivity contribution in [1.82, 2.24) is 5.32 Å². The molecule has 1 aliphatic heterocycles. The Morgan fingerprint density at radius 2 is 1.71 bits per heavy atom. The van der Waals surface area contributed by atoms with E-state index in [0.29, 0.717) is 27.5 Å². The molecule has 0 spiro atoms. The number of halogens is 2. The Hall–Kier alpha value is -3.58. The van der Waals surface area contributed by atoms with E-state index < -0.39 is 6.03 Å². The summed E-state index contributed by atoms with van der Waals surface area (Å²) in [6, 6.07) is 16.2. The molecule has 3 aromatic carbocycles. The predicted octanol–water partition coefficient (Wildman–Crippen LogP) is 5.96. The van der Waals surface area contributed by atoms with Gasteiger partial charge in [-0.3, -0.25) is 4.79 Å². The first-order valence-corrected chi connectivity index (χ1v) is 11.5.